The van der Waals surface area contributed by atoms with Gasteiger partial charge in [0.25, 0.3) is 0 Å². The summed E-state index contributed by atoms with van der Waals surface area (Å²) < 4.78 is 5.19. The van der Waals surface area contributed by atoms with Crippen LogP contribution in [0.5, 0.6) is 5.75 Å². The van der Waals surface area contributed by atoms with Crippen LogP contribution in [0.1, 0.15) is 17.4 Å². The Kier molecular flexibility index (Phi) is 6.99. The largest absolute Gasteiger partial charge is 0.497 e. The van der Waals surface area contributed by atoms with Crippen LogP contribution >= 0.6 is 11.6 Å². The standard InChI is InChI=1S/C19H22ClN7O2/c1-29-16-8-2-13(3-9-16)12-17(18-24-26-27(25-18)11-10-21)23-19(28)22-15-6-4-14(20)5-7-15/h2-9,17H,10-12,21H2,1H3,(H2,22,23,28)/t17-/m0/s1. The maximum Gasteiger partial charge on any atom is 0.319 e. The minimum atomic E-state index is -0.484. The molecule has 0 aliphatic heterocycles. The number of carbonyl (C=O) groups is 1. The van der Waals surface area contributed by atoms with Crippen LogP contribution in [0.3, 0.4) is 0 Å². The summed E-state index contributed by atoms with van der Waals surface area (Å²) in [6.07, 6.45) is 0.479. The molecule has 9 nitrogen and oxygen atoms in total. The number of benzene rings is 2. The average molecular weight is 416 g/mol. The molecule has 3 rings (SSSR count). The van der Waals surface area contributed by atoms with Gasteiger partial charge in [-0.25, -0.2) is 4.79 Å². The Balaban J connectivity index is 1.75. The molecule has 2 amide bonds. The van der Waals surface area contributed by atoms with Crippen molar-refractivity contribution in [2.45, 2.75) is 19.0 Å². The van der Waals surface area contributed by atoms with Crippen LogP contribution in [-0.2, 0) is 13.0 Å². The lowest BCUT2D eigenvalue weighted by atomic mass is 10.1. The Bertz CT molecular complexity index is 928. The Morgan fingerprint density at radius 3 is 2.59 bits per heavy atom. The summed E-state index contributed by atoms with van der Waals surface area (Å²) >= 11 is 5.88. The molecule has 0 spiro atoms. The van der Waals surface area contributed by atoms with Crippen molar-refractivity contribution >= 4 is 23.3 Å². The molecule has 152 valence electrons. The smallest absolute Gasteiger partial charge is 0.319 e. The molecule has 0 unspecified atom stereocenters. The third-order valence-electron chi connectivity index (χ3n) is 4.12. The van der Waals surface area contributed by atoms with Crippen molar-refractivity contribution in [1.29, 1.82) is 0 Å². The predicted molar refractivity (Wildman–Crippen MR) is 110 cm³/mol. The second-order valence-electron chi connectivity index (χ2n) is 6.24. The van der Waals surface area contributed by atoms with Crippen LogP contribution in [0.2, 0.25) is 5.02 Å². The van der Waals surface area contributed by atoms with Crippen LogP contribution in [0.25, 0.3) is 0 Å². The number of urea groups is 1. The molecule has 1 aromatic heterocycles. The molecule has 29 heavy (non-hydrogen) atoms. The highest BCUT2D eigenvalue weighted by Gasteiger charge is 2.21. The molecule has 0 bridgehead atoms. The molecule has 0 saturated heterocycles. The lowest BCUT2D eigenvalue weighted by Crippen LogP contribution is -2.34. The molecule has 0 aliphatic rings. The molecular formula is C19H22ClN7O2. The van der Waals surface area contributed by atoms with Crippen molar-refractivity contribution in [3.8, 4) is 5.75 Å². The van der Waals surface area contributed by atoms with E-state index in [2.05, 4.69) is 26.0 Å². The van der Waals surface area contributed by atoms with E-state index in [1.807, 2.05) is 24.3 Å². The molecule has 1 atom stereocenters. The van der Waals surface area contributed by atoms with E-state index in [1.54, 1.807) is 31.4 Å². The van der Waals surface area contributed by atoms with Gasteiger partial charge < -0.3 is 21.1 Å². The topological polar surface area (TPSA) is 120 Å². The first-order valence-corrected chi connectivity index (χ1v) is 9.39. The molecule has 1 heterocycles. The maximum absolute atomic E-state index is 12.5. The fourth-order valence-corrected chi connectivity index (χ4v) is 2.79. The zero-order chi connectivity index (χ0) is 20.6. The summed E-state index contributed by atoms with van der Waals surface area (Å²) in [6, 6.07) is 13.5. The Morgan fingerprint density at radius 2 is 1.93 bits per heavy atom. The van der Waals surface area contributed by atoms with Gasteiger partial charge in [-0.15, -0.1) is 10.2 Å². The number of hydrogen-bond acceptors (Lipinski definition) is 6. The molecule has 3 aromatic rings. The number of rotatable bonds is 8. The number of hydrogen-bond donors (Lipinski definition) is 3. The number of nitrogens with two attached hydrogens (primary N) is 1. The highest BCUT2D eigenvalue weighted by molar-refractivity contribution is 6.30. The number of nitrogens with one attached hydrogen (secondary N) is 2. The number of methoxy groups -OCH3 is 1. The van der Waals surface area contributed by atoms with Crippen molar-refractivity contribution < 1.29 is 9.53 Å². The predicted octanol–water partition coefficient (Wildman–Crippen LogP) is 2.40. The second kappa shape index (κ2) is 9.85. The third kappa shape index (κ3) is 5.90. The quantitative estimate of drug-likeness (QED) is 0.519. The first kappa shape index (κ1) is 20.6. The van der Waals surface area contributed by atoms with Crippen molar-refractivity contribution in [3.63, 3.8) is 0 Å². The molecule has 4 N–H and O–H groups in total. The van der Waals surface area contributed by atoms with Gasteiger partial charge in [-0.1, -0.05) is 23.7 Å². The summed E-state index contributed by atoms with van der Waals surface area (Å²) in [4.78, 5) is 13.9. The van der Waals surface area contributed by atoms with Gasteiger partial charge in [0.1, 0.15) is 5.75 Å². The first-order valence-electron chi connectivity index (χ1n) is 9.01. The number of ether oxygens (including phenoxy) is 1. The van der Waals surface area contributed by atoms with Gasteiger partial charge >= 0.3 is 6.03 Å². The highest BCUT2D eigenvalue weighted by Crippen LogP contribution is 2.19. The monoisotopic (exact) mass is 415 g/mol. The van der Waals surface area contributed by atoms with Gasteiger partial charge in [0, 0.05) is 23.7 Å². The van der Waals surface area contributed by atoms with Gasteiger partial charge in [-0.3, -0.25) is 0 Å². The molecule has 2 aromatic carbocycles. The minimum absolute atomic E-state index is 0.388. The molecule has 0 aliphatic carbocycles. The maximum atomic E-state index is 12.5. The molecule has 10 heteroatoms. The summed E-state index contributed by atoms with van der Waals surface area (Å²) in [7, 11) is 1.61. The Labute approximate surface area is 173 Å². The van der Waals surface area contributed by atoms with Gasteiger partial charge in [0.15, 0.2) is 5.82 Å². The van der Waals surface area contributed by atoms with Crippen LogP contribution in [-0.4, -0.2) is 39.9 Å². The van der Waals surface area contributed by atoms with Crippen LogP contribution in [0, 0.1) is 0 Å². The molecular weight excluding hydrogens is 394 g/mol. The summed E-state index contributed by atoms with van der Waals surface area (Å²) in [5.74, 6) is 1.16. The Morgan fingerprint density at radius 1 is 1.21 bits per heavy atom. The summed E-state index contributed by atoms with van der Waals surface area (Å²) in [6.45, 7) is 0.836. The van der Waals surface area contributed by atoms with E-state index in [9.17, 15) is 4.79 Å². The normalized spacial score (nSPS) is 11.7. The number of halogens is 1. The van der Waals surface area contributed by atoms with E-state index in [0.29, 0.717) is 36.0 Å². The van der Waals surface area contributed by atoms with Crippen LogP contribution in [0.4, 0.5) is 10.5 Å². The number of anilines is 1. The van der Waals surface area contributed by atoms with E-state index < -0.39 is 6.04 Å². The number of nitrogens with zero attached hydrogens (tertiary/aromatic N) is 4. The number of tetrazole rings is 1. The molecule has 0 radical (unpaired) electrons. The van der Waals surface area contributed by atoms with E-state index in [4.69, 9.17) is 22.1 Å². The fraction of sp³-hybridized carbons (Fsp3) is 0.263. The minimum Gasteiger partial charge on any atom is -0.497 e. The van der Waals surface area contributed by atoms with E-state index in [1.165, 1.54) is 4.80 Å². The fourth-order valence-electron chi connectivity index (χ4n) is 2.67. The van der Waals surface area contributed by atoms with Gasteiger partial charge in [0.2, 0.25) is 0 Å². The van der Waals surface area contributed by atoms with Crippen LogP contribution < -0.4 is 21.1 Å². The van der Waals surface area contributed by atoms with Crippen molar-refractivity contribution in [1.82, 2.24) is 25.5 Å². The zero-order valence-electron chi connectivity index (χ0n) is 15.9. The van der Waals surface area contributed by atoms with E-state index >= 15 is 0 Å². The third-order valence-corrected chi connectivity index (χ3v) is 4.37. The lowest BCUT2D eigenvalue weighted by molar-refractivity contribution is 0.248. The number of amides is 2. The highest BCUT2D eigenvalue weighted by atomic mass is 35.5. The van der Waals surface area contributed by atoms with Gasteiger partial charge in [-0.05, 0) is 47.2 Å². The SMILES string of the molecule is COc1ccc(C[C@H](NC(=O)Nc2ccc(Cl)cc2)c2nnn(CCN)n2)cc1. The summed E-state index contributed by atoms with van der Waals surface area (Å²) in [5, 5.41) is 18.7. The second-order valence-corrected chi connectivity index (χ2v) is 6.68. The van der Waals surface area contributed by atoms with Gasteiger partial charge in [0.05, 0.1) is 19.7 Å². The Hall–Kier alpha value is -3.17. The van der Waals surface area contributed by atoms with E-state index in [0.717, 1.165) is 11.3 Å². The molecule has 0 fully saturated rings. The lowest BCUT2D eigenvalue weighted by Gasteiger charge is -2.16. The van der Waals surface area contributed by atoms with Crippen molar-refractivity contribution in [2.24, 2.45) is 5.73 Å². The van der Waals surface area contributed by atoms with Crippen molar-refractivity contribution in [3.05, 3.63) is 64.9 Å². The number of carbonyl (C=O) groups excluding carboxylic acids is 1. The van der Waals surface area contributed by atoms with Crippen molar-refractivity contribution in [2.75, 3.05) is 19.0 Å². The van der Waals surface area contributed by atoms with E-state index in [-0.39, 0.29) is 6.03 Å². The molecule has 0 saturated carbocycles. The first-order chi connectivity index (χ1) is 14.1. The number of aromatic nitrogens is 4. The van der Waals surface area contributed by atoms with Crippen LogP contribution in [0.15, 0.2) is 48.5 Å². The zero-order valence-corrected chi connectivity index (χ0v) is 16.6. The van der Waals surface area contributed by atoms with Gasteiger partial charge in [-0.2, -0.15) is 4.80 Å². The average Bonchev–Trinajstić information content (AvgIpc) is 3.19. The summed E-state index contributed by atoms with van der Waals surface area (Å²) in [5.41, 5.74) is 7.15.